The molecule has 1 aliphatic heterocycles. The number of nitrogens with zero attached hydrogens (tertiary/aromatic N) is 3. The maximum Gasteiger partial charge on any atom is 0.492 e. The van der Waals surface area contributed by atoms with Gasteiger partial charge in [0.05, 0.1) is 28.9 Å². The molecule has 1 amide bonds. The van der Waals surface area contributed by atoms with Gasteiger partial charge in [-0.25, -0.2) is 13.2 Å². The number of benzene rings is 2. The predicted octanol–water partition coefficient (Wildman–Crippen LogP) is 4.71. The monoisotopic (exact) mass is 671 g/mol. The molecule has 234 valence electrons. The van der Waals surface area contributed by atoms with E-state index in [9.17, 15) is 31.2 Å². The van der Waals surface area contributed by atoms with E-state index in [4.69, 9.17) is 16.3 Å². The molecule has 1 fully saturated rings. The molecular weight excluding hydrogens is 647 g/mol. The standard InChI is InChI=1S/C27H25ClF3N5O6S2/c1-41-20-9-3-7-18-23(20)24(34-44(39,40)22-11-10-21(28)43-22)33-35(18)15-17-6-2-5-16(13-17)14-32-25(37)19-8-4-12-36(19)42-26(38)27(29,30)31/h2-3,5-7,9-11,13,19H,4,8,12,14-15H2,1H3,(H,32,37)(H,33,34)/t19-/m0/s1. The number of aromatic nitrogens is 2. The van der Waals surface area contributed by atoms with Crippen LogP contribution in [-0.2, 0) is 37.5 Å². The van der Waals surface area contributed by atoms with Crippen molar-refractivity contribution in [3.8, 4) is 5.75 Å². The Balaban J connectivity index is 1.32. The average Bonchev–Trinajstić information content (AvgIpc) is 3.71. The molecule has 3 heterocycles. The topological polar surface area (TPSA) is 132 Å². The van der Waals surface area contributed by atoms with Crippen LogP contribution < -0.4 is 14.8 Å². The molecule has 2 N–H and O–H groups in total. The molecule has 5 rings (SSSR count). The van der Waals surface area contributed by atoms with Gasteiger partial charge in [0.1, 0.15) is 16.0 Å². The maximum absolute atomic E-state index is 13.0. The van der Waals surface area contributed by atoms with Gasteiger partial charge in [0.25, 0.3) is 10.0 Å². The summed E-state index contributed by atoms with van der Waals surface area (Å²) < 4.78 is 73.9. The Morgan fingerprint density at radius 1 is 1.14 bits per heavy atom. The zero-order valence-electron chi connectivity index (χ0n) is 22.9. The van der Waals surface area contributed by atoms with Gasteiger partial charge >= 0.3 is 12.1 Å². The second-order valence-corrected chi connectivity index (χ2v) is 13.4. The first-order valence-corrected chi connectivity index (χ1v) is 15.8. The number of hydroxylamine groups is 2. The number of halogens is 4. The summed E-state index contributed by atoms with van der Waals surface area (Å²) >= 11 is 6.85. The van der Waals surface area contributed by atoms with E-state index in [0.717, 1.165) is 22.0 Å². The van der Waals surface area contributed by atoms with Crippen LogP contribution in [0.25, 0.3) is 10.9 Å². The fraction of sp³-hybridized carbons (Fsp3) is 0.296. The summed E-state index contributed by atoms with van der Waals surface area (Å²) in [5.74, 6) is -2.47. The third-order valence-corrected chi connectivity index (χ3v) is 9.79. The smallest absolute Gasteiger partial charge is 0.492 e. The number of thiophene rings is 1. The summed E-state index contributed by atoms with van der Waals surface area (Å²) in [6, 6.07) is 14.2. The molecule has 1 aliphatic rings. The summed E-state index contributed by atoms with van der Waals surface area (Å²) in [5, 5.41) is 8.44. The van der Waals surface area contributed by atoms with Gasteiger partial charge in [-0.2, -0.15) is 18.3 Å². The summed E-state index contributed by atoms with van der Waals surface area (Å²) in [5.41, 5.74) is 2.06. The van der Waals surface area contributed by atoms with Gasteiger partial charge in [-0.05, 0) is 48.2 Å². The fourth-order valence-corrected chi connectivity index (χ4v) is 7.26. The molecule has 0 aliphatic carbocycles. The van der Waals surface area contributed by atoms with E-state index in [2.05, 4.69) is 20.0 Å². The molecule has 17 heteroatoms. The van der Waals surface area contributed by atoms with E-state index in [0.29, 0.717) is 33.0 Å². The fourth-order valence-electron chi connectivity index (χ4n) is 4.77. The number of rotatable bonds is 10. The van der Waals surface area contributed by atoms with E-state index in [1.165, 1.54) is 19.2 Å². The molecule has 0 saturated carbocycles. The third kappa shape index (κ3) is 6.93. The van der Waals surface area contributed by atoms with Crippen molar-refractivity contribution in [2.75, 3.05) is 18.4 Å². The first kappa shape index (κ1) is 31.6. The molecule has 0 bridgehead atoms. The van der Waals surface area contributed by atoms with Crippen LogP contribution in [0.1, 0.15) is 24.0 Å². The molecule has 0 spiro atoms. The number of anilines is 1. The number of sulfonamides is 1. The zero-order chi connectivity index (χ0) is 31.6. The first-order chi connectivity index (χ1) is 20.9. The molecule has 2 aromatic heterocycles. The number of methoxy groups -OCH3 is 1. The number of ether oxygens (including phenoxy) is 1. The van der Waals surface area contributed by atoms with Crippen molar-refractivity contribution < 1.29 is 40.8 Å². The van der Waals surface area contributed by atoms with Crippen LogP contribution in [0, 0.1) is 0 Å². The van der Waals surface area contributed by atoms with Crippen molar-refractivity contribution in [2.45, 2.75) is 42.4 Å². The first-order valence-electron chi connectivity index (χ1n) is 13.1. The van der Waals surface area contributed by atoms with Crippen molar-refractivity contribution in [3.63, 3.8) is 0 Å². The van der Waals surface area contributed by atoms with Crippen LogP contribution in [0.3, 0.4) is 0 Å². The minimum atomic E-state index is -5.17. The Hall–Kier alpha value is -3.86. The number of carbonyl (C=O) groups excluding carboxylic acids is 2. The third-order valence-electron chi connectivity index (χ3n) is 6.73. The van der Waals surface area contributed by atoms with Crippen LogP contribution in [0.5, 0.6) is 5.75 Å². The lowest BCUT2D eigenvalue weighted by molar-refractivity contribution is -0.240. The number of fused-ring (bicyclic) bond motifs is 1. The Kier molecular flexibility index (Phi) is 9.06. The zero-order valence-corrected chi connectivity index (χ0v) is 25.3. The largest absolute Gasteiger partial charge is 0.496 e. The number of carbonyl (C=O) groups is 2. The Bertz CT molecular complexity index is 1810. The molecule has 0 radical (unpaired) electrons. The van der Waals surface area contributed by atoms with Crippen LogP contribution in [0.2, 0.25) is 4.34 Å². The molecule has 2 aromatic carbocycles. The summed E-state index contributed by atoms with van der Waals surface area (Å²) in [6.07, 6.45) is -4.54. The van der Waals surface area contributed by atoms with Gasteiger partial charge < -0.3 is 14.9 Å². The molecule has 44 heavy (non-hydrogen) atoms. The molecule has 4 aromatic rings. The number of amides is 1. The molecular formula is C27H25ClF3N5O6S2. The van der Waals surface area contributed by atoms with Gasteiger partial charge in [-0.15, -0.1) is 16.4 Å². The van der Waals surface area contributed by atoms with E-state index in [-0.39, 0.29) is 36.1 Å². The molecule has 11 nitrogen and oxygen atoms in total. The van der Waals surface area contributed by atoms with Crippen LogP contribution in [0.4, 0.5) is 19.0 Å². The average molecular weight is 672 g/mol. The Morgan fingerprint density at radius 3 is 2.59 bits per heavy atom. The second kappa shape index (κ2) is 12.6. The van der Waals surface area contributed by atoms with E-state index in [1.807, 2.05) is 12.1 Å². The number of hydrogen-bond acceptors (Lipinski definition) is 9. The van der Waals surface area contributed by atoms with Gasteiger partial charge in [0, 0.05) is 13.1 Å². The van der Waals surface area contributed by atoms with E-state index >= 15 is 0 Å². The predicted molar refractivity (Wildman–Crippen MR) is 156 cm³/mol. The van der Waals surface area contributed by atoms with Crippen molar-refractivity contribution in [1.82, 2.24) is 20.2 Å². The van der Waals surface area contributed by atoms with Crippen LogP contribution >= 0.6 is 22.9 Å². The SMILES string of the molecule is COc1cccc2c1c(NS(=O)(=O)c1ccc(Cl)s1)nn2Cc1cccc(CNC(=O)[C@@H]2CCCN2OC(=O)C(F)(F)F)c1. The lowest BCUT2D eigenvalue weighted by Gasteiger charge is -2.22. The summed E-state index contributed by atoms with van der Waals surface area (Å²) in [7, 11) is -2.53. The summed E-state index contributed by atoms with van der Waals surface area (Å²) in [6.45, 7) is 0.297. The highest BCUT2D eigenvalue weighted by Gasteiger charge is 2.45. The lowest BCUT2D eigenvalue weighted by atomic mass is 10.1. The Labute approximate surface area is 258 Å². The van der Waals surface area contributed by atoms with Gasteiger partial charge in [-0.1, -0.05) is 41.9 Å². The molecule has 0 unspecified atom stereocenters. The van der Waals surface area contributed by atoms with Crippen LogP contribution in [-0.4, -0.2) is 61.0 Å². The summed E-state index contributed by atoms with van der Waals surface area (Å²) in [4.78, 5) is 28.4. The van der Waals surface area contributed by atoms with Crippen molar-refractivity contribution >= 4 is 61.6 Å². The number of alkyl halides is 3. The highest BCUT2D eigenvalue weighted by molar-refractivity contribution is 7.94. The van der Waals surface area contributed by atoms with Crippen LogP contribution in [0.15, 0.2) is 58.8 Å². The minimum absolute atomic E-state index is 0.0111. The van der Waals surface area contributed by atoms with E-state index < -0.39 is 34.1 Å². The maximum atomic E-state index is 13.0. The quantitative estimate of drug-likeness (QED) is 0.248. The highest BCUT2D eigenvalue weighted by Crippen LogP contribution is 2.35. The highest BCUT2D eigenvalue weighted by atomic mass is 35.5. The molecule has 1 saturated heterocycles. The van der Waals surface area contributed by atoms with Crippen molar-refractivity contribution in [2.24, 2.45) is 0 Å². The van der Waals surface area contributed by atoms with Gasteiger partial charge in [0.2, 0.25) is 5.91 Å². The van der Waals surface area contributed by atoms with Crippen molar-refractivity contribution in [3.05, 3.63) is 70.1 Å². The molecule has 1 atom stereocenters. The number of nitrogens with one attached hydrogen (secondary N) is 2. The van der Waals surface area contributed by atoms with Crippen molar-refractivity contribution in [1.29, 1.82) is 0 Å². The lowest BCUT2D eigenvalue weighted by Crippen LogP contribution is -2.45. The number of hydrogen-bond donors (Lipinski definition) is 2. The Morgan fingerprint density at radius 2 is 1.89 bits per heavy atom. The minimum Gasteiger partial charge on any atom is -0.496 e. The second-order valence-electron chi connectivity index (χ2n) is 9.74. The normalized spacial score (nSPS) is 15.8. The van der Waals surface area contributed by atoms with E-state index in [1.54, 1.807) is 35.0 Å². The van der Waals surface area contributed by atoms with Gasteiger partial charge in [0.15, 0.2) is 5.82 Å². The van der Waals surface area contributed by atoms with Gasteiger partial charge in [-0.3, -0.25) is 14.2 Å².